The Hall–Kier alpha value is -1.79. The van der Waals surface area contributed by atoms with Crippen molar-refractivity contribution in [3.8, 4) is 0 Å². The molecule has 1 heterocycles. The fourth-order valence-electron chi connectivity index (χ4n) is 1.98. The second-order valence-electron chi connectivity index (χ2n) is 4.89. The average molecular weight is 308 g/mol. The Morgan fingerprint density at radius 1 is 1.24 bits per heavy atom. The highest BCUT2D eigenvalue weighted by atomic mass is 32.2. The maximum atomic E-state index is 13.9. The van der Waals surface area contributed by atoms with E-state index >= 15 is 0 Å². The van der Waals surface area contributed by atoms with Crippen molar-refractivity contribution in [3.63, 3.8) is 0 Å². The van der Waals surface area contributed by atoms with Gasteiger partial charge in [0, 0.05) is 13.2 Å². The largest absolute Gasteiger partial charge is 0.260 e. The summed E-state index contributed by atoms with van der Waals surface area (Å²) in [4.78, 5) is 3.83. The lowest BCUT2D eigenvalue weighted by atomic mass is 10.2. The van der Waals surface area contributed by atoms with Crippen LogP contribution in [-0.4, -0.2) is 24.8 Å². The number of rotatable bonds is 4. The molecule has 112 valence electrons. The molecule has 0 spiro atoms. The van der Waals surface area contributed by atoms with Crippen LogP contribution in [-0.2, 0) is 10.0 Å². The minimum Gasteiger partial charge on any atom is -0.260 e. The Labute approximate surface area is 124 Å². The van der Waals surface area contributed by atoms with Gasteiger partial charge < -0.3 is 0 Å². The minimum atomic E-state index is -3.92. The van der Waals surface area contributed by atoms with Crippen LogP contribution in [0.4, 0.5) is 4.39 Å². The first-order chi connectivity index (χ1) is 9.84. The van der Waals surface area contributed by atoms with Crippen molar-refractivity contribution in [2.75, 3.05) is 7.05 Å². The molecule has 1 atom stereocenters. The van der Waals surface area contributed by atoms with Crippen LogP contribution in [0.5, 0.6) is 0 Å². The standard InChI is InChI=1S/C15H17FN2O2S/c1-11-7-8-13(16)15(10-11)21(19,20)18(3)12(2)14-6-4-5-9-17-14/h4-10,12H,1-3H3. The third-order valence-electron chi connectivity index (χ3n) is 3.40. The van der Waals surface area contributed by atoms with E-state index in [9.17, 15) is 12.8 Å². The fraction of sp³-hybridized carbons (Fsp3) is 0.267. The molecule has 2 aromatic rings. The van der Waals surface area contributed by atoms with Crippen molar-refractivity contribution in [2.24, 2.45) is 0 Å². The molecule has 0 aliphatic heterocycles. The highest BCUT2D eigenvalue weighted by Crippen LogP contribution is 2.26. The van der Waals surface area contributed by atoms with Crippen molar-refractivity contribution in [2.45, 2.75) is 24.8 Å². The predicted octanol–water partition coefficient (Wildman–Crippen LogP) is 2.91. The van der Waals surface area contributed by atoms with Crippen LogP contribution >= 0.6 is 0 Å². The molecule has 0 saturated heterocycles. The van der Waals surface area contributed by atoms with Gasteiger partial charge in [-0.3, -0.25) is 4.98 Å². The van der Waals surface area contributed by atoms with Crippen LogP contribution in [0.2, 0.25) is 0 Å². The highest BCUT2D eigenvalue weighted by Gasteiger charge is 2.29. The van der Waals surface area contributed by atoms with Gasteiger partial charge in [-0.05, 0) is 43.7 Å². The van der Waals surface area contributed by atoms with Gasteiger partial charge in [0.2, 0.25) is 10.0 Å². The first-order valence-electron chi connectivity index (χ1n) is 6.49. The molecule has 0 fully saturated rings. The smallest absolute Gasteiger partial charge is 0.246 e. The Bertz CT molecular complexity index is 733. The van der Waals surface area contributed by atoms with Crippen molar-refractivity contribution in [1.82, 2.24) is 9.29 Å². The summed E-state index contributed by atoms with van der Waals surface area (Å²) in [6.45, 7) is 3.44. The summed E-state index contributed by atoms with van der Waals surface area (Å²) in [5, 5.41) is 0. The lowest BCUT2D eigenvalue weighted by Gasteiger charge is -2.24. The van der Waals surface area contributed by atoms with Gasteiger partial charge in [-0.15, -0.1) is 0 Å². The number of hydrogen-bond donors (Lipinski definition) is 0. The van der Waals surface area contributed by atoms with Crippen LogP contribution in [0.1, 0.15) is 24.2 Å². The molecule has 2 rings (SSSR count). The summed E-state index contributed by atoms with van der Waals surface area (Å²) in [7, 11) is -2.49. The lowest BCUT2D eigenvalue weighted by molar-refractivity contribution is 0.389. The zero-order valence-electron chi connectivity index (χ0n) is 12.1. The number of aromatic nitrogens is 1. The predicted molar refractivity (Wildman–Crippen MR) is 78.7 cm³/mol. The van der Waals surface area contributed by atoms with E-state index in [2.05, 4.69) is 4.98 Å². The van der Waals surface area contributed by atoms with Crippen LogP contribution in [0, 0.1) is 12.7 Å². The topological polar surface area (TPSA) is 50.3 Å². The van der Waals surface area contributed by atoms with E-state index in [0.29, 0.717) is 11.3 Å². The zero-order valence-corrected chi connectivity index (χ0v) is 12.9. The molecule has 0 radical (unpaired) electrons. The molecular weight excluding hydrogens is 291 g/mol. The van der Waals surface area contributed by atoms with Gasteiger partial charge in [0.15, 0.2) is 0 Å². The normalized spacial score (nSPS) is 13.4. The maximum absolute atomic E-state index is 13.9. The van der Waals surface area contributed by atoms with E-state index in [1.165, 1.54) is 25.2 Å². The van der Waals surface area contributed by atoms with E-state index in [1.807, 2.05) is 0 Å². The molecule has 0 amide bonds. The van der Waals surface area contributed by atoms with Crippen molar-refractivity contribution < 1.29 is 12.8 Å². The number of halogens is 1. The van der Waals surface area contributed by atoms with Gasteiger partial charge >= 0.3 is 0 Å². The summed E-state index contributed by atoms with van der Waals surface area (Å²) in [5.74, 6) is -0.749. The van der Waals surface area contributed by atoms with Crippen LogP contribution in [0.3, 0.4) is 0 Å². The third kappa shape index (κ3) is 3.11. The van der Waals surface area contributed by atoms with Crippen molar-refractivity contribution in [1.29, 1.82) is 0 Å². The van der Waals surface area contributed by atoms with Crippen LogP contribution < -0.4 is 0 Å². The molecule has 1 unspecified atom stereocenters. The number of sulfonamides is 1. The molecule has 0 aliphatic carbocycles. The summed E-state index contributed by atoms with van der Waals surface area (Å²) in [6.07, 6.45) is 1.60. The SMILES string of the molecule is Cc1ccc(F)c(S(=O)(=O)N(C)C(C)c2ccccn2)c1. The van der Waals surface area contributed by atoms with Gasteiger partial charge in [-0.2, -0.15) is 4.31 Å². The molecule has 0 N–H and O–H groups in total. The molecular formula is C15H17FN2O2S. The Morgan fingerprint density at radius 3 is 2.57 bits per heavy atom. The van der Waals surface area contributed by atoms with Crippen molar-refractivity contribution >= 4 is 10.0 Å². The molecule has 0 saturated carbocycles. The van der Waals surface area contributed by atoms with Gasteiger partial charge in [0.25, 0.3) is 0 Å². The Morgan fingerprint density at radius 2 is 1.95 bits per heavy atom. The van der Waals surface area contributed by atoms with E-state index in [4.69, 9.17) is 0 Å². The van der Waals surface area contributed by atoms with Crippen LogP contribution in [0.25, 0.3) is 0 Å². The fourth-order valence-corrected chi connectivity index (χ4v) is 3.46. The first-order valence-corrected chi connectivity index (χ1v) is 7.93. The van der Waals surface area contributed by atoms with Crippen LogP contribution in [0.15, 0.2) is 47.5 Å². The van der Waals surface area contributed by atoms with Crippen molar-refractivity contribution in [3.05, 3.63) is 59.7 Å². The quantitative estimate of drug-likeness (QED) is 0.872. The molecule has 6 heteroatoms. The second-order valence-corrected chi connectivity index (χ2v) is 6.85. The summed E-state index contributed by atoms with van der Waals surface area (Å²) >= 11 is 0. The summed E-state index contributed by atoms with van der Waals surface area (Å²) < 4.78 is 40.2. The van der Waals surface area contributed by atoms with E-state index in [-0.39, 0.29) is 4.90 Å². The van der Waals surface area contributed by atoms with Gasteiger partial charge in [-0.25, -0.2) is 12.8 Å². The Balaban J connectivity index is 2.41. The number of nitrogens with zero attached hydrogens (tertiary/aromatic N) is 2. The molecule has 21 heavy (non-hydrogen) atoms. The van der Waals surface area contributed by atoms with Gasteiger partial charge in [0.1, 0.15) is 10.7 Å². The summed E-state index contributed by atoms with van der Waals surface area (Å²) in [6, 6.07) is 8.83. The first kappa shape index (κ1) is 15.6. The van der Waals surface area contributed by atoms with E-state index in [0.717, 1.165) is 4.31 Å². The van der Waals surface area contributed by atoms with Gasteiger partial charge in [0.05, 0.1) is 11.7 Å². The average Bonchev–Trinajstić information content (AvgIpc) is 2.49. The zero-order chi connectivity index (χ0) is 15.6. The molecule has 0 aliphatic rings. The highest BCUT2D eigenvalue weighted by molar-refractivity contribution is 7.89. The minimum absolute atomic E-state index is 0.312. The Kier molecular flexibility index (Phi) is 4.39. The number of aryl methyl sites for hydroxylation is 1. The third-order valence-corrected chi connectivity index (χ3v) is 5.35. The number of hydrogen-bond acceptors (Lipinski definition) is 3. The van der Waals surface area contributed by atoms with Gasteiger partial charge in [-0.1, -0.05) is 12.1 Å². The maximum Gasteiger partial charge on any atom is 0.246 e. The number of pyridine rings is 1. The second kappa shape index (κ2) is 5.91. The molecule has 4 nitrogen and oxygen atoms in total. The van der Waals surface area contributed by atoms with E-state index in [1.54, 1.807) is 38.2 Å². The number of benzene rings is 1. The lowest BCUT2D eigenvalue weighted by Crippen LogP contribution is -2.31. The monoisotopic (exact) mass is 308 g/mol. The molecule has 0 bridgehead atoms. The molecule has 1 aromatic carbocycles. The van der Waals surface area contributed by atoms with E-state index < -0.39 is 21.9 Å². The summed E-state index contributed by atoms with van der Waals surface area (Å²) in [5.41, 5.74) is 1.30. The molecule has 1 aromatic heterocycles.